The van der Waals surface area contributed by atoms with Crippen LogP contribution in [0.4, 0.5) is 11.4 Å². The Morgan fingerprint density at radius 1 is 1.28 bits per heavy atom. The van der Waals surface area contributed by atoms with Gasteiger partial charge in [0.2, 0.25) is 11.8 Å². The van der Waals surface area contributed by atoms with Crippen molar-refractivity contribution in [3.05, 3.63) is 76.7 Å². The quantitative estimate of drug-likeness (QED) is 0.638. The van der Waals surface area contributed by atoms with Gasteiger partial charge in [0.15, 0.2) is 0 Å². The highest BCUT2D eigenvalue weighted by atomic mass is 16.5. The molecule has 160 valence electrons. The van der Waals surface area contributed by atoms with Gasteiger partial charge in [-0.25, -0.2) is 0 Å². The molecule has 0 spiro atoms. The number of fused-ring (bicyclic) bond motifs is 1. The van der Waals surface area contributed by atoms with Gasteiger partial charge in [-0.1, -0.05) is 23.4 Å². The molecule has 1 saturated heterocycles. The van der Waals surface area contributed by atoms with Crippen molar-refractivity contribution >= 4 is 23.2 Å². The smallest absolute Gasteiger partial charge is 0.232 e. The Balaban J connectivity index is 1.31. The zero-order chi connectivity index (χ0) is 22.2. The van der Waals surface area contributed by atoms with E-state index in [2.05, 4.69) is 17.3 Å². The molecular formula is C25H22N4O3. The molecule has 2 aromatic carbocycles. The Hall–Kier alpha value is -3.92. The maximum absolute atomic E-state index is 13.3. The first-order valence-corrected chi connectivity index (χ1v) is 10.7. The van der Waals surface area contributed by atoms with Crippen molar-refractivity contribution in [2.45, 2.75) is 26.2 Å². The lowest BCUT2D eigenvalue weighted by Gasteiger charge is -2.22. The highest BCUT2D eigenvalue weighted by Gasteiger charge is 2.39. The molecule has 1 atom stereocenters. The van der Waals surface area contributed by atoms with Crippen LogP contribution < -0.4 is 9.80 Å². The monoisotopic (exact) mass is 426 g/mol. The van der Waals surface area contributed by atoms with Crippen molar-refractivity contribution in [2.24, 2.45) is 5.92 Å². The van der Waals surface area contributed by atoms with Crippen LogP contribution in [-0.4, -0.2) is 30.1 Å². The van der Waals surface area contributed by atoms with Gasteiger partial charge in [-0.15, -0.1) is 0 Å². The van der Waals surface area contributed by atoms with Gasteiger partial charge < -0.3 is 14.3 Å². The number of hydrogen-bond donors (Lipinski definition) is 0. The van der Waals surface area contributed by atoms with Gasteiger partial charge in [-0.05, 0) is 48.7 Å². The van der Waals surface area contributed by atoms with E-state index in [0.29, 0.717) is 24.3 Å². The number of rotatable bonds is 4. The Morgan fingerprint density at radius 3 is 2.94 bits per heavy atom. The van der Waals surface area contributed by atoms with Gasteiger partial charge in [0, 0.05) is 42.9 Å². The summed E-state index contributed by atoms with van der Waals surface area (Å²) in [6, 6.07) is 15.2. The van der Waals surface area contributed by atoms with Gasteiger partial charge in [0.05, 0.1) is 23.7 Å². The van der Waals surface area contributed by atoms with Crippen molar-refractivity contribution in [3.63, 3.8) is 0 Å². The fourth-order valence-electron chi connectivity index (χ4n) is 4.59. The molecule has 3 heterocycles. The summed E-state index contributed by atoms with van der Waals surface area (Å²) in [5.74, 6) is 0.326. The number of nitrogens with zero attached hydrogens (tertiary/aromatic N) is 4. The Kier molecular flexibility index (Phi) is 4.98. The van der Waals surface area contributed by atoms with E-state index in [1.54, 1.807) is 35.4 Å². The number of benzene rings is 2. The molecule has 0 radical (unpaired) electrons. The number of amides is 2. The van der Waals surface area contributed by atoms with E-state index in [0.717, 1.165) is 41.0 Å². The summed E-state index contributed by atoms with van der Waals surface area (Å²) in [4.78, 5) is 29.4. The average Bonchev–Trinajstić information content (AvgIpc) is 3.52. The lowest BCUT2D eigenvalue weighted by atomic mass is 10.0. The van der Waals surface area contributed by atoms with E-state index in [1.165, 1.54) is 0 Å². The number of nitriles is 1. The molecule has 2 aliphatic heterocycles. The minimum Gasteiger partial charge on any atom is -0.361 e. The van der Waals surface area contributed by atoms with Crippen LogP contribution in [0.2, 0.25) is 0 Å². The second-order valence-electron chi connectivity index (χ2n) is 8.35. The van der Waals surface area contributed by atoms with Gasteiger partial charge in [-0.3, -0.25) is 9.59 Å². The number of hydrogen-bond acceptors (Lipinski definition) is 5. The molecular weight excluding hydrogens is 404 g/mol. The summed E-state index contributed by atoms with van der Waals surface area (Å²) in [6.45, 7) is 2.86. The lowest BCUT2D eigenvalue weighted by Crippen LogP contribution is -2.36. The SMILES string of the molecule is Cc1oncc1Cc1ccc2c(c1)CCN2C(=O)[C@H]1CC(=O)N(c2cccc(C#N)c2)C1. The fraction of sp³-hybridized carbons (Fsp3) is 0.280. The molecule has 0 unspecified atom stereocenters. The normalized spacial score (nSPS) is 17.5. The highest BCUT2D eigenvalue weighted by molar-refractivity contribution is 6.05. The Morgan fingerprint density at radius 2 is 2.16 bits per heavy atom. The first kappa shape index (κ1) is 20.0. The molecule has 2 aliphatic rings. The third-order valence-electron chi connectivity index (χ3n) is 6.31. The summed E-state index contributed by atoms with van der Waals surface area (Å²) in [5.41, 5.74) is 5.45. The van der Waals surface area contributed by atoms with Gasteiger partial charge in [0.1, 0.15) is 5.76 Å². The van der Waals surface area contributed by atoms with Crippen LogP contribution >= 0.6 is 0 Å². The van der Waals surface area contributed by atoms with E-state index in [4.69, 9.17) is 9.78 Å². The Bertz CT molecular complexity index is 1260. The standard InChI is InChI=1S/C25H22N4O3/c1-16-20(14-27-32-16)10-17-5-6-23-19(9-17)7-8-28(23)25(31)21-12-24(30)29(15-21)22-4-2-3-18(11-22)13-26/h2-6,9,11,14,21H,7-8,10,12,15H2,1H3/t21-/m0/s1. The number of aryl methyl sites for hydroxylation is 1. The van der Waals surface area contributed by atoms with E-state index in [1.807, 2.05) is 24.0 Å². The maximum Gasteiger partial charge on any atom is 0.232 e. The molecule has 1 aromatic heterocycles. The molecule has 0 bridgehead atoms. The van der Waals surface area contributed by atoms with Gasteiger partial charge in [-0.2, -0.15) is 5.26 Å². The second kappa shape index (κ2) is 7.97. The fourth-order valence-corrected chi connectivity index (χ4v) is 4.59. The molecule has 0 saturated carbocycles. The number of carbonyl (C=O) groups is 2. The molecule has 3 aromatic rings. The predicted octanol–water partition coefficient (Wildman–Crippen LogP) is 3.39. The lowest BCUT2D eigenvalue weighted by molar-refractivity contribution is -0.124. The van der Waals surface area contributed by atoms with Crippen molar-refractivity contribution in [2.75, 3.05) is 22.9 Å². The number of aromatic nitrogens is 1. The summed E-state index contributed by atoms with van der Waals surface area (Å²) in [5, 5.41) is 13.0. The summed E-state index contributed by atoms with van der Waals surface area (Å²) >= 11 is 0. The van der Waals surface area contributed by atoms with Crippen molar-refractivity contribution in [1.82, 2.24) is 5.16 Å². The zero-order valence-corrected chi connectivity index (χ0v) is 17.7. The zero-order valence-electron chi connectivity index (χ0n) is 17.7. The van der Waals surface area contributed by atoms with Crippen molar-refractivity contribution < 1.29 is 14.1 Å². The average molecular weight is 426 g/mol. The molecule has 0 aliphatic carbocycles. The Labute approximate surface area is 185 Å². The topological polar surface area (TPSA) is 90.4 Å². The van der Waals surface area contributed by atoms with E-state index in [9.17, 15) is 9.59 Å². The predicted molar refractivity (Wildman–Crippen MR) is 118 cm³/mol. The van der Waals surface area contributed by atoms with E-state index >= 15 is 0 Å². The maximum atomic E-state index is 13.3. The number of carbonyl (C=O) groups excluding carboxylic acids is 2. The molecule has 1 fully saturated rings. The minimum atomic E-state index is -0.390. The van der Waals surface area contributed by atoms with Crippen LogP contribution in [0.15, 0.2) is 53.2 Å². The summed E-state index contributed by atoms with van der Waals surface area (Å²) in [7, 11) is 0. The molecule has 32 heavy (non-hydrogen) atoms. The minimum absolute atomic E-state index is 0.0151. The van der Waals surface area contributed by atoms with Gasteiger partial charge >= 0.3 is 0 Å². The first-order valence-electron chi connectivity index (χ1n) is 10.7. The van der Waals surface area contributed by atoms with Crippen molar-refractivity contribution in [3.8, 4) is 6.07 Å². The summed E-state index contributed by atoms with van der Waals surface area (Å²) < 4.78 is 5.15. The van der Waals surface area contributed by atoms with Crippen LogP contribution in [0.25, 0.3) is 0 Å². The van der Waals surface area contributed by atoms with Crippen molar-refractivity contribution in [1.29, 1.82) is 5.26 Å². The van der Waals surface area contributed by atoms with Crippen LogP contribution in [0.3, 0.4) is 0 Å². The first-order chi connectivity index (χ1) is 15.5. The van der Waals surface area contributed by atoms with Gasteiger partial charge in [0.25, 0.3) is 0 Å². The van der Waals surface area contributed by atoms with Crippen LogP contribution in [-0.2, 0) is 22.4 Å². The molecule has 2 amide bonds. The summed E-state index contributed by atoms with van der Waals surface area (Å²) in [6.07, 6.45) is 3.47. The molecule has 0 N–H and O–H groups in total. The van der Waals surface area contributed by atoms with E-state index < -0.39 is 5.92 Å². The third kappa shape index (κ3) is 3.54. The van der Waals surface area contributed by atoms with Crippen LogP contribution in [0.5, 0.6) is 0 Å². The van der Waals surface area contributed by atoms with E-state index in [-0.39, 0.29) is 18.2 Å². The van der Waals surface area contributed by atoms with Crippen LogP contribution in [0, 0.1) is 24.2 Å². The third-order valence-corrected chi connectivity index (χ3v) is 6.31. The van der Waals surface area contributed by atoms with Crippen LogP contribution in [0.1, 0.15) is 34.4 Å². The molecule has 7 nitrogen and oxygen atoms in total. The molecule has 7 heteroatoms. The number of anilines is 2. The largest absolute Gasteiger partial charge is 0.361 e. The second-order valence-corrected chi connectivity index (χ2v) is 8.35. The highest BCUT2D eigenvalue weighted by Crippen LogP contribution is 2.34. The molecule has 5 rings (SSSR count).